The summed E-state index contributed by atoms with van der Waals surface area (Å²) in [6, 6.07) is 12.0. The number of benzene rings is 2. The Hall–Kier alpha value is -4.07. The molecule has 8 heteroatoms. The fourth-order valence-corrected chi connectivity index (χ4v) is 3.88. The van der Waals surface area contributed by atoms with Gasteiger partial charge in [-0.25, -0.2) is 0 Å². The molecule has 31 heavy (non-hydrogen) atoms. The number of carbonyl (C=O) groups is 2. The summed E-state index contributed by atoms with van der Waals surface area (Å²) in [6.45, 7) is 2.34. The number of pyridine rings is 1. The minimum atomic E-state index is -0.504. The molecule has 0 fully saturated rings. The number of rotatable bonds is 3. The molecule has 156 valence electrons. The topological polar surface area (TPSA) is 89.9 Å². The monoisotopic (exact) mass is 417 g/mol. The fraction of sp³-hybridized carbons (Fsp3) is 0.174. The molecule has 0 unspecified atom stereocenters. The van der Waals surface area contributed by atoms with E-state index >= 15 is 0 Å². The molecule has 3 aromatic rings. The molecule has 2 aliphatic rings. The number of amides is 2. The molecule has 8 nitrogen and oxygen atoms in total. The summed E-state index contributed by atoms with van der Waals surface area (Å²) in [7, 11) is 1.73. The number of anilines is 1. The highest BCUT2D eigenvalue weighted by molar-refractivity contribution is 6.06. The summed E-state index contributed by atoms with van der Waals surface area (Å²) in [5.74, 6) is 0.616. The van der Waals surface area contributed by atoms with Crippen molar-refractivity contribution in [1.82, 2.24) is 9.47 Å². The van der Waals surface area contributed by atoms with E-state index in [9.17, 15) is 14.4 Å². The van der Waals surface area contributed by atoms with Crippen molar-refractivity contribution in [3.63, 3.8) is 0 Å². The number of carbonyl (C=O) groups excluding carboxylic acids is 2. The standard InChI is InChI=1S/C23H19N3O5/c1-13-7-8-26(16-4-6-18-19(10-16)31-12-30-18)23(29)20(13)21(27)24-15-3-5-17-14(9-15)11-25(2)22(17)28/h3-10H,11-12H2,1-2H3,(H,24,27). The Bertz CT molecular complexity index is 1310. The van der Waals surface area contributed by atoms with Crippen LogP contribution in [0, 0.1) is 6.92 Å². The first-order chi connectivity index (χ1) is 14.9. The first-order valence-corrected chi connectivity index (χ1v) is 9.74. The lowest BCUT2D eigenvalue weighted by atomic mass is 10.1. The van der Waals surface area contributed by atoms with Crippen molar-refractivity contribution in [2.24, 2.45) is 0 Å². The zero-order valence-electron chi connectivity index (χ0n) is 17.0. The number of hydrogen-bond donors (Lipinski definition) is 1. The molecule has 1 aromatic heterocycles. The summed E-state index contributed by atoms with van der Waals surface area (Å²) in [6.07, 6.45) is 1.63. The third kappa shape index (κ3) is 3.13. The minimum Gasteiger partial charge on any atom is -0.454 e. The summed E-state index contributed by atoms with van der Waals surface area (Å²) < 4.78 is 12.1. The van der Waals surface area contributed by atoms with E-state index in [1.807, 2.05) is 0 Å². The molecule has 2 amide bonds. The Kier molecular flexibility index (Phi) is 4.28. The normalized spacial score (nSPS) is 14.0. The van der Waals surface area contributed by atoms with Gasteiger partial charge in [0.15, 0.2) is 11.5 Å². The highest BCUT2D eigenvalue weighted by Gasteiger charge is 2.25. The summed E-state index contributed by atoms with van der Waals surface area (Å²) >= 11 is 0. The smallest absolute Gasteiger partial charge is 0.268 e. The van der Waals surface area contributed by atoms with E-state index in [4.69, 9.17) is 9.47 Å². The van der Waals surface area contributed by atoms with Crippen LogP contribution in [0.2, 0.25) is 0 Å². The maximum atomic E-state index is 13.2. The van der Waals surface area contributed by atoms with Crippen LogP contribution in [-0.4, -0.2) is 35.1 Å². The van der Waals surface area contributed by atoms with Crippen molar-refractivity contribution >= 4 is 17.5 Å². The second-order valence-corrected chi connectivity index (χ2v) is 7.57. The maximum Gasteiger partial charge on any atom is 0.268 e. The number of aryl methyl sites for hydroxylation is 1. The van der Waals surface area contributed by atoms with Crippen LogP contribution in [-0.2, 0) is 6.54 Å². The van der Waals surface area contributed by atoms with Crippen molar-refractivity contribution in [2.75, 3.05) is 19.2 Å². The quantitative estimate of drug-likeness (QED) is 0.708. The highest BCUT2D eigenvalue weighted by atomic mass is 16.7. The Morgan fingerprint density at radius 2 is 1.84 bits per heavy atom. The van der Waals surface area contributed by atoms with E-state index in [-0.39, 0.29) is 18.3 Å². The van der Waals surface area contributed by atoms with Crippen LogP contribution in [0.15, 0.2) is 53.5 Å². The summed E-state index contributed by atoms with van der Waals surface area (Å²) in [5.41, 5.74) is 2.75. The molecule has 0 saturated heterocycles. The van der Waals surface area contributed by atoms with Gasteiger partial charge in [0.1, 0.15) is 5.56 Å². The zero-order valence-corrected chi connectivity index (χ0v) is 17.0. The largest absolute Gasteiger partial charge is 0.454 e. The van der Waals surface area contributed by atoms with E-state index in [0.29, 0.717) is 40.5 Å². The van der Waals surface area contributed by atoms with Crippen molar-refractivity contribution < 1.29 is 19.1 Å². The SMILES string of the molecule is Cc1ccn(-c2ccc3c(c2)OCO3)c(=O)c1C(=O)Nc1ccc2c(c1)CN(C)C2=O. The molecule has 0 saturated carbocycles. The Balaban J connectivity index is 1.47. The number of fused-ring (bicyclic) bond motifs is 2. The number of aromatic nitrogens is 1. The molecule has 2 aromatic carbocycles. The van der Waals surface area contributed by atoms with Gasteiger partial charge in [-0.05, 0) is 54.4 Å². The third-order valence-electron chi connectivity index (χ3n) is 5.51. The molecular formula is C23H19N3O5. The van der Waals surface area contributed by atoms with Crippen LogP contribution in [0.25, 0.3) is 5.69 Å². The molecule has 0 bridgehead atoms. The summed E-state index contributed by atoms with van der Waals surface area (Å²) in [4.78, 5) is 39.9. The van der Waals surface area contributed by atoms with Gasteiger partial charge in [-0.2, -0.15) is 0 Å². The molecule has 0 spiro atoms. The predicted molar refractivity (Wildman–Crippen MR) is 113 cm³/mol. The van der Waals surface area contributed by atoms with Gasteiger partial charge in [0.05, 0.1) is 5.69 Å². The van der Waals surface area contributed by atoms with Gasteiger partial charge < -0.3 is 19.7 Å². The molecule has 0 aliphatic carbocycles. The first kappa shape index (κ1) is 18.9. The highest BCUT2D eigenvalue weighted by Crippen LogP contribution is 2.33. The Morgan fingerprint density at radius 3 is 2.68 bits per heavy atom. The molecule has 1 N–H and O–H groups in total. The van der Waals surface area contributed by atoms with Crippen molar-refractivity contribution in [1.29, 1.82) is 0 Å². The molecule has 0 atom stereocenters. The molecule has 5 rings (SSSR count). The first-order valence-electron chi connectivity index (χ1n) is 9.74. The van der Waals surface area contributed by atoms with Gasteiger partial charge in [0, 0.05) is 37.1 Å². The van der Waals surface area contributed by atoms with E-state index < -0.39 is 11.5 Å². The van der Waals surface area contributed by atoms with Gasteiger partial charge in [0.25, 0.3) is 17.4 Å². The fourth-order valence-electron chi connectivity index (χ4n) is 3.88. The number of ether oxygens (including phenoxy) is 2. The Morgan fingerprint density at radius 1 is 1.03 bits per heavy atom. The van der Waals surface area contributed by atoms with Crippen molar-refractivity contribution in [3.05, 3.63) is 81.3 Å². The predicted octanol–water partition coefficient (Wildman–Crippen LogP) is 2.71. The van der Waals surface area contributed by atoms with Gasteiger partial charge in [-0.1, -0.05) is 0 Å². The lowest BCUT2D eigenvalue weighted by Gasteiger charge is -2.12. The average molecular weight is 417 g/mol. The van der Waals surface area contributed by atoms with Crippen molar-refractivity contribution in [2.45, 2.75) is 13.5 Å². The Labute approximate surface area is 177 Å². The van der Waals surface area contributed by atoms with Crippen LogP contribution in [0.1, 0.15) is 31.8 Å². The van der Waals surface area contributed by atoms with E-state index in [1.165, 1.54) is 4.57 Å². The summed E-state index contributed by atoms with van der Waals surface area (Å²) in [5, 5.41) is 2.79. The van der Waals surface area contributed by atoms with Crippen LogP contribution >= 0.6 is 0 Å². The number of nitrogens with one attached hydrogen (secondary N) is 1. The van der Waals surface area contributed by atoms with Crippen LogP contribution in [0.4, 0.5) is 5.69 Å². The lowest BCUT2D eigenvalue weighted by Crippen LogP contribution is -2.29. The van der Waals surface area contributed by atoms with E-state index in [2.05, 4.69) is 5.32 Å². The van der Waals surface area contributed by atoms with Gasteiger partial charge in [-0.3, -0.25) is 19.0 Å². The van der Waals surface area contributed by atoms with E-state index in [0.717, 1.165) is 5.56 Å². The molecule has 2 aliphatic heterocycles. The second-order valence-electron chi connectivity index (χ2n) is 7.57. The molecule has 0 radical (unpaired) electrons. The number of hydrogen-bond acceptors (Lipinski definition) is 5. The maximum absolute atomic E-state index is 13.2. The number of nitrogens with zero attached hydrogens (tertiary/aromatic N) is 2. The van der Waals surface area contributed by atoms with Gasteiger partial charge in [-0.15, -0.1) is 0 Å². The van der Waals surface area contributed by atoms with Crippen LogP contribution in [0.3, 0.4) is 0 Å². The average Bonchev–Trinajstić information content (AvgIpc) is 3.31. The van der Waals surface area contributed by atoms with Crippen LogP contribution in [0.5, 0.6) is 11.5 Å². The molecular weight excluding hydrogens is 398 g/mol. The second kappa shape index (κ2) is 7.02. The molecule has 3 heterocycles. The lowest BCUT2D eigenvalue weighted by molar-refractivity contribution is 0.0816. The third-order valence-corrected chi connectivity index (χ3v) is 5.51. The minimum absolute atomic E-state index is 0.0432. The van der Waals surface area contributed by atoms with Crippen LogP contribution < -0.4 is 20.3 Å². The van der Waals surface area contributed by atoms with Gasteiger partial charge in [0.2, 0.25) is 6.79 Å². The van der Waals surface area contributed by atoms with E-state index in [1.54, 1.807) is 67.5 Å². The zero-order chi connectivity index (χ0) is 21.7. The van der Waals surface area contributed by atoms with Gasteiger partial charge >= 0.3 is 0 Å². The van der Waals surface area contributed by atoms with Crippen molar-refractivity contribution in [3.8, 4) is 17.2 Å².